The second-order valence-electron chi connectivity index (χ2n) is 1.16. The fourth-order valence-corrected chi connectivity index (χ4v) is 0.411. The number of hydrogen-bond acceptors (Lipinski definition) is 0. The smallest absolute Gasteiger partial charge is 0.121 e. The maximum Gasteiger partial charge on any atom is 0.121 e. The molecule has 2 heteroatoms. The lowest BCUT2D eigenvalue weighted by Gasteiger charge is -1.92. The minimum atomic E-state index is -0.870. The van der Waals surface area contributed by atoms with E-state index in [0.29, 0.717) is 5.33 Å². The number of alkyl halides is 2. The number of terminal acetylenes is 1. The van der Waals surface area contributed by atoms with Crippen LogP contribution in [0.25, 0.3) is 0 Å². The van der Waals surface area contributed by atoms with Crippen LogP contribution in [0.5, 0.6) is 0 Å². The Morgan fingerprint density at radius 1 is 1.86 bits per heavy atom. The van der Waals surface area contributed by atoms with Gasteiger partial charge in [-0.15, -0.1) is 12.3 Å². The Kier molecular flexibility index (Phi) is 4.12. The Morgan fingerprint density at radius 3 is 2.57 bits per heavy atom. The molecule has 0 radical (unpaired) electrons. The molecule has 0 aromatic rings. The molecular weight excluding hydrogens is 159 g/mol. The lowest BCUT2D eigenvalue weighted by Crippen LogP contribution is -1.97. The van der Waals surface area contributed by atoms with Gasteiger partial charge in [0.25, 0.3) is 0 Å². The summed E-state index contributed by atoms with van der Waals surface area (Å²) in [7, 11) is 0. The van der Waals surface area contributed by atoms with E-state index in [1.54, 1.807) is 0 Å². The van der Waals surface area contributed by atoms with Gasteiger partial charge in [-0.3, -0.25) is 0 Å². The van der Waals surface area contributed by atoms with Crippen molar-refractivity contribution in [1.82, 2.24) is 0 Å². The summed E-state index contributed by atoms with van der Waals surface area (Å²) >= 11 is 2.95. The molecule has 0 nitrogen and oxygen atoms in total. The second kappa shape index (κ2) is 4.14. The molecule has 40 valence electrons. The Morgan fingerprint density at radius 2 is 2.43 bits per heavy atom. The average Bonchev–Trinajstić information content (AvgIpc) is 1.68. The van der Waals surface area contributed by atoms with Gasteiger partial charge in [-0.25, -0.2) is 4.39 Å². The molecule has 1 atom stereocenters. The summed E-state index contributed by atoms with van der Waals surface area (Å²) in [4.78, 5) is 0. The summed E-state index contributed by atoms with van der Waals surface area (Å²) in [6, 6.07) is 0. The summed E-state index contributed by atoms with van der Waals surface area (Å²) in [6.07, 6.45) is 4.14. The summed E-state index contributed by atoms with van der Waals surface area (Å²) < 4.78 is 11.9. The van der Waals surface area contributed by atoms with Crippen molar-refractivity contribution in [2.45, 2.75) is 12.6 Å². The summed E-state index contributed by atoms with van der Waals surface area (Å²) in [5, 5.41) is 0.344. The van der Waals surface area contributed by atoms with Crippen LogP contribution in [0.3, 0.4) is 0 Å². The SMILES string of the molecule is C#CC[C@@H](F)CBr. The first-order chi connectivity index (χ1) is 3.31. The van der Waals surface area contributed by atoms with Crippen LogP contribution in [0.15, 0.2) is 0 Å². The lowest BCUT2D eigenvalue weighted by molar-refractivity contribution is 0.377. The number of rotatable bonds is 2. The Balaban J connectivity index is 3.03. The molecule has 0 amide bonds. The number of hydrogen-bond donors (Lipinski definition) is 0. The van der Waals surface area contributed by atoms with E-state index in [-0.39, 0.29) is 6.42 Å². The van der Waals surface area contributed by atoms with Gasteiger partial charge in [0.15, 0.2) is 0 Å². The second-order valence-corrected chi connectivity index (χ2v) is 1.81. The third kappa shape index (κ3) is 3.81. The van der Waals surface area contributed by atoms with Gasteiger partial charge in [-0.2, -0.15) is 0 Å². The predicted octanol–water partition coefficient (Wildman–Crippen LogP) is 1.74. The molecule has 0 saturated carbocycles. The van der Waals surface area contributed by atoms with Gasteiger partial charge < -0.3 is 0 Å². The molecule has 0 rings (SSSR count). The summed E-state index contributed by atoms with van der Waals surface area (Å²) in [5.74, 6) is 2.21. The maximum absolute atomic E-state index is 11.9. The normalized spacial score (nSPS) is 12.7. The van der Waals surface area contributed by atoms with Crippen molar-refractivity contribution >= 4 is 15.9 Å². The van der Waals surface area contributed by atoms with Crippen molar-refractivity contribution in [1.29, 1.82) is 0 Å². The van der Waals surface area contributed by atoms with Crippen molar-refractivity contribution in [2.75, 3.05) is 5.33 Å². The monoisotopic (exact) mass is 164 g/mol. The molecule has 0 heterocycles. The predicted molar refractivity (Wildman–Crippen MR) is 32.1 cm³/mol. The highest BCUT2D eigenvalue weighted by molar-refractivity contribution is 9.09. The average molecular weight is 165 g/mol. The van der Waals surface area contributed by atoms with Crippen LogP contribution < -0.4 is 0 Å². The molecule has 0 spiro atoms. The Labute approximate surface area is 51.2 Å². The highest BCUT2D eigenvalue weighted by Gasteiger charge is 1.97. The molecule has 7 heavy (non-hydrogen) atoms. The minimum absolute atomic E-state index is 0.214. The summed E-state index contributed by atoms with van der Waals surface area (Å²) in [6.45, 7) is 0. The quantitative estimate of drug-likeness (QED) is 0.431. The van der Waals surface area contributed by atoms with Crippen LogP contribution >= 0.6 is 15.9 Å². The third-order valence-electron chi connectivity index (χ3n) is 0.507. The Hall–Kier alpha value is -0.0300. The fraction of sp³-hybridized carbons (Fsp3) is 0.600. The maximum atomic E-state index is 11.9. The van der Waals surface area contributed by atoms with Crippen LogP contribution in [0, 0.1) is 12.3 Å². The van der Waals surface area contributed by atoms with E-state index in [1.165, 1.54) is 0 Å². The molecule has 0 saturated heterocycles. The molecule has 0 N–H and O–H groups in total. The van der Waals surface area contributed by atoms with Gasteiger partial charge in [-0.1, -0.05) is 15.9 Å². The molecule has 0 bridgehead atoms. The minimum Gasteiger partial charge on any atom is -0.246 e. The van der Waals surface area contributed by atoms with E-state index < -0.39 is 6.17 Å². The molecule has 0 aromatic heterocycles. The molecule has 0 aliphatic heterocycles. The van der Waals surface area contributed by atoms with Crippen molar-refractivity contribution < 1.29 is 4.39 Å². The first-order valence-electron chi connectivity index (χ1n) is 1.94. The molecule has 0 unspecified atom stereocenters. The zero-order valence-corrected chi connectivity index (χ0v) is 5.41. The van der Waals surface area contributed by atoms with Crippen molar-refractivity contribution in [3.8, 4) is 12.3 Å². The van der Waals surface area contributed by atoms with E-state index in [2.05, 4.69) is 21.9 Å². The van der Waals surface area contributed by atoms with E-state index in [4.69, 9.17) is 6.42 Å². The molecule has 0 aliphatic carbocycles. The van der Waals surface area contributed by atoms with Gasteiger partial charge >= 0.3 is 0 Å². The number of halogens is 2. The van der Waals surface area contributed by atoms with E-state index in [9.17, 15) is 4.39 Å². The standard InChI is InChI=1S/C5H6BrF/c1-2-3-5(7)4-6/h1,5H,3-4H2/t5-/m1/s1. The highest BCUT2D eigenvalue weighted by Crippen LogP contribution is 1.98. The van der Waals surface area contributed by atoms with Crippen molar-refractivity contribution in [2.24, 2.45) is 0 Å². The van der Waals surface area contributed by atoms with Crippen LogP contribution in [0.1, 0.15) is 6.42 Å². The largest absolute Gasteiger partial charge is 0.246 e. The zero-order valence-electron chi connectivity index (χ0n) is 3.82. The van der Waals surface area contributed by atoms with Crippen molar-refractivity contribution in [3.63, 3.8) is 0 Å². The lowest BCUT2D eigenvalue weighted by atomic mass is 10.3. The topological polar surface area (TPSA) is 0 Å². The summed E-state index contributed by atoms with van der Waals surface area (Å²) in [5.41, 5.74) is 0. The third-order valence-corrected chi connectivity index (χ3v) is 1.21. The van der Waals surface area contributed by atoms with Crippen LogP contribution in [-0.2, 0) is 0 Å². The molecule has 0 aromatic carbocycles. The van der Waals surface area contributed by atoms with E-state index in [1.807, 2.05) is 0 Å². The zero-order chi connectivity index (χ0) is 5.70. The van der Waals surface area contributed by atoms with Gasteiger partial charge in [-0.05, 0) is 0 Å². The van der Waals surface area contributed by atoms with Crippen LogP contribution in [-0.4, -0.2) is 11.5 Å². The van der Waals surface area contributed by atoms with Crippen molar-refractivity contribution in [3.05, 3.63) is 0 Å². The first-order valence-corrected chi connectivity index (χ1v) is 3.07. The van der Waals surface area contributed by atoms with Gasteiger partial charge in [0.1, 0.15) is 6.17 Å². The van der Waals surface area contributed by atoms with Gasteiger partial charge in [0.2, 0.25) is 0 Å². The van der Waals surface area contributed by atoms with Crippen LogP contribution in [0.2, 0.25) is 0 Å². The van der Waals surface area contributed by atoms with Gasteiger partial charge in [0, 0.05) is 11.8 Å². The van der Waals surface area contributed by atoms with Gasteiger partial charge in [0.05, 0.1) is 0 Å². The molecule has 0 fully saturated rings. The Bertz CT molecular complexity index is 74.6. The van der Waals surface area contributed by atoms with E-state index >= 15 is 0 Å². The highest BCUT2D eigenvalue weighted by atomic mass is 79.9. The first kappa shape index (κ1) is 6.97. The van der Waals surface area contributed by atoms with Crippen LogP contribution in [0.4, 0.5) is 4.39 Å². The molecule has 0 aliphatic rings. The fourth-order valence-electron chi connectivity index (χ4n) is 0.182. The molecular formula is C5H6BrF. The van der Waals surface area contributed by atoms with E-state index in [0.717, 1.165) is 0 Å².